The first-order valence-corrected chi connectivity index (χ1v) is 8.20. The van der Waals surface area contributed by atoms with Crippen molar-refractivity contribution < 1.29 is 9.47 Å². The predicted octanol–water partition coefficient (Wildman–Crippen LogP) is 3.57. The van der Waals surface area contributed by atoms with E-state index in [1.165, 1.54) is 11.1 Å². The summed E-state index contributed by atoms with van der Waals surface area (Å²) in [6.07, 6.45) is 4.46. The molecule has 1 heterocycles. The van der Waals surface area contributed by atoms with Gasteiger partial charge >= 0.3 is 0 Å². The summed E-state index contributed by atoms with van der Waals surface area (Å²) in [7, 11) is 0. The highest BCUT2D eigenvalue weighted by atomic mass is 35.5. The maximum atomic E-state index is 5.54. The topological polar surface area (TPSA) is 21.7 Å². The van der Waals surface area contributed by atoms with Crippen molar-refractivity contribution in [2.75, 3.05) is 32.1 Å². The van der Waals surface area contributed by atoms with E-state index in [4.69, 9.17) is 44.9 Å². The van der Waals surface area contributed by atoms with Gasteiger partial charge in [-0.3, -0.25) is 0 Å². The van der Waals surface area contributed by atoms with Crippen LogP contribution in [0.2, 0.25) is 0 Å². The quantitative estimate of drug-likeness (QED) is 0.658. The molecule has 1 saturated heterocycles. The van der Waals surface area contributed by atoms with Crippen molar-refractivity contribution in [3.63, 3.8) is 0 Å². The number of thiocarbonyl (C=S) groups is 1. The average molecular weight is 342 g/mol. The summed E-state index contributed by atoms with van der Waals surface area (Å²) in [5, 5.41) is 0. The fourth-order valence-corrected chi connectivity index (χ4v) is 2.84. The second-order valence-electron chi connectivity index (χ2n) is 3.70. The third kappa shape index (κ3) is 7.54. The molecule has 0 spiro atoms. The van der Waals surface area contributed by atoms with E-state index in [2.05, 4.69) is 0 Å². The highest BCUT2D eigenvalue weighted by Gasteiger charge is 2.16. The Balaban J connectivity index is 2.28. The SMILES string of the molecule is S=C(SCCC1OCCO1)N(CC=CCl)CC=CCl. The van der Waals surface area contributed by atoms with E-state index >= 15 is 0 Å². The highest BCUT2D eigenvalue weighted by molar-refractivity contribution is 8.22. The Morgan fingerprint density at radius 3 is 2.32 bits per heavy atom. The lowest BCUT2D eigenvalue weighted by atomic mass is 10.5. The number of hydrogen-bond donors (Lipinski definition) is 0. The van der Waals surface area contributed by atoms with Crippen molar-refractivity contribution in [1.82, 2.24) is 4.90 Å². The van der Waals surface area contributed by atoms with Crippen LogP contribution < -0.4 is 0 Å². The van der Waals surface area contributed by atoms with E-state index in [-0.39, 0.29) is 6.29 Å². The fourth-order valence-electron chi connectivity index (χ4n) is 1.47. The predicted molar refractivity (Wildman–Crippen MR) is 86.9 cm³/mol. The summed E-state index contributed by atoms with van der Waals surface area (Å²) in [6, 6.07) is 0. The molecule has 0 aromatic carbocycles. The van der Waals surface area contributed by atoms with Gasteiger partial charge in [-0.25, -0.2) is 0 Å². The number of halogens is 2. The van der Waals surface area contributed by atoms with Crippen LogP contribution in [0.4, 0.5) is 0 Å². The molecule has 0 unspecified atom stereocenters. The van der Waals surface area contributed by atoms with Crippen LogP contribution in [0.5, 0.6) is 0 Å². The summed E-state index contributed by atoms with van der Waals surface area (Å²) in [4.78, 5) is 2.02. The van der Waals surface area contributed by atoms with Crippen molar-refractivity contribution in [2.45, 2.75) is 12.7 Å². The van der Waals surface area contributed by atoms with Crippen LogP contribution in [-0.2, 0) is 9.47 Å². The fraction of sp³-hybridized carbons (Fsp3) is 0.583. The van der Waals surface area contributed by atoms with Crippen molar-refractivity contribution >= 4 is 51.5 Å². The maximum Gasteiger partial charge on any atom is 0.158 e. The standard InChI is InChI=1S/C12H17Cl2NO2S2/c13-4-1-6-15(7-2-5-14)12(18)19-10-3-11-16-8-9-17-11/h1-2,4-5,11H,3,6-10H2. The molecule has 0 radical (unpaired) electrons. The molecule has 0 aromatic heterocycles. The van der Waals surface area contributed by atoms with E-state index in [9.17, 15) is 0 Å². The Kier molecular flexibility index (Phi) is 9.95. The molecule has 0 atom stereocenters. The minimum atomic E-state index is -0.0748. The van der Waals surface area contributed by atoms with Gasteiger partial charge in [0.2, 0.25) is 0 Å². The maximum absolute atomic E-state index is 5.54. The minimum Gasteiger partial charge on any atom is -0.350 e. The van der Waals surface area contributed by atoms with Crippen molar-refractivity contribution in [2.24, 2.45) is 0 Å². The Labute approximate surface area is 133 Å². The third-order valence-corrected chi connectivity index (χ3v) is 4.27. The Morgan fingerprint density at radius 1 is 1.21 bits per heavy atom. The highest BCUT2D eigenvalue weighted by Crippen LogP contribution is 2.16. The number of rotatable bonds is 7. The Morgan fingerprint density at radius 2 is 1.79 bits per heavy atom. The molecule has 0 saturated carbocycles. The van der Waals surface area contributed by atoms with Gasteiger partial charge in [0.1, 0.15) is 4.32 Å². The summed E-state index contributed by atoms with van der Waals surface area (Å²) in [5.74, 6) is 0.870. The number of ether oxygens (including phenoxy) is 2. The van der Waals surface area contributed by atoms with Gasteiger partial charge in [-0.15, -0.1) is 0 Å². The monoisotopic (exact) mass is 341 g/mol. The first-order chi connectivity index (χ1) is 9.27. The molecule has 0 bridgehead atoms. The molecular formula is C12H17Cl2NO2S2. The van der Waals surface area contributed by atoms with Gasteiger partial charge in [0.25, 0.3) is 0 Å². The molecule has 1 aliphatic heterocycles. The number of thioether (sulfide) groups is 1. The lowest BCUT2D eigenvalue weighted by molar-refractivity contribution is -0.0421. The van der Waals surface area contributed by atoms with Crippen molar-refractivity contribution in [3.05, 3.63) is 23.2 Å². The first-order valence-electron chi connectivity index (χ1n) is 5.93. The van der Waals surface area contributed by atoms with Gasteiger partial charge in [0.15, 0.2) is 6.29 Å². The van der Waals surface area contributed by atoms with E-state index in [0.717, 1.165) is 16.5 Å². The molecule has 19 heavy (non-hydrogen) atoms. The zero-order valence-electron chi connectivity index (χ0n) is 10.5. The van der Waals surface area contributed by atoms with Crippen LogP contribution in [0.25, 0.3) is 0 Å². The van der Waals surface area contributed by atoms with Crippen LogP contribution in [-0.4, -0.2) is 47.6 Å². The van der Waals surface area contributed by atoms with Crippen LogP contribution in [0, 0.1) is 0 Å². The van der Waals surface area contributed by atoms with E-state index in [1.807, 2.05) is 17.1 Å². The minimum absolute atomic E-state index is 0.0748. The molecule has 0 aromatic rings. The van der Waals surface area contributed by atoms with Crippen LogP contribution >= 0.6 is 47.2 Å². The smallest absolute Gasteiger partial charge is 0.158 e. The molecule has 3 nitrogen and oxygen atoms in total. The second kappa shape index (κ2) is 10.9. The summed E-state index contributed by atoms with van der Waals surface area (Å²) in [6.45, 7) is 2.72. The molecule has 0 N–H and O–H groups in total. The van der Waals surface area contributed by atoms with Gasteiger partial charge in [-0.1, -0.05) is 59.3 Å². The summed E-state index contributed by atoms with van der Waals surface area (Å²) in [5.41, 5.74) is 2.98. The molecule has 1 aliphatic rings. The van der Waals surface area contributed by atoms with Crippen LogP contribution in [0.15, 0.2) is 23.2 Å². The molecule has 1 rings (SSSR count). The van der Waals surface area contributed by atoms with Gasteiger partial charge < -0.3 is 14.4 Å². The lowest BCUT2D eigenvalue weighted by Gasteiger charge is -2.21. The zero-order chi connectivity index (χ0) is 13.9. The summed E-state index contributed by atoms with van der Waals surface area (Å²) >= 11 is 18.1. The van der Waals surface area contributed by atoms with Gasteiger partial charge in [0.05, 0.1) is 13.2 Å². The van der Waals surface area contributed by atoms with Gasteiger partial charge in [-0.05, 0) is 0 Å². The van der Waals surface area contributed by atoms with E-state index in [0.29, 0.717) is 26.3 Å². The Hall–Kier alpha value is 0.220. The van der Waals surface area contributed by atoms with Crippen LogP contribution in [0.1, 0.15) is 6.42 Å². The normalized spacial score (nSPS) is 16.7. The molecular weight excluding hydrogens is 325 g/mol. The largest absolute Gasteiger partial charge is 0.350 e. The Bertz CT molecular complexity index is 307. The average Bonchev–Trinajstić information content (AvgIpc) is 2.92. The van der Waals surface area contributed by atoms with Gasteiger partial charge in [0, 0.05) is 36.3 Å². The lowest BCUT2D eigenvalue weighted by Crippen LogP contribution is -2.28. The number of hydrogen-bond acceptors (Lipinski definition) is 4. The molecule has 0 aliphatic carbocycles. The second-order valence-corrected chi connectivity index (χ2v) is 5.94. The third-order valence-electron chi connectivity index (χ3n) is 2.36. The zero-order valence-corrected chi connectivity index (χ0v) is 13.6. The summed E-state index contributed by atoms with van der Waals surface area (Å²) < 4.78 is 11.6. The first kappa shape index (κ1) is 17.3. The van der Waals surface area contributed by atoms with E-state index in [1.54, 1.807) is 11.8 Å². The molecule has 0 amide bonds. The van der Waals surface area contributed by atoms with Crippen LogP contribution in [0.3, 0.4) is 0 Å². The molecule has 7 heteroatoms. The van der Waals surface area contributed by atoms with Crippen molar-refractivity contribution in [3.8, 4) is 0 Å². The number of nitrogens with zero attached hydrogens (tertiary/aromatic N) is 1. The van der Waals surface area contributed by atoms with Gasteiger partial charge in [-0.2, -0.15) is 0 Å². The molecule has 1 fully saturated rings. The van der Waals surface area contributed by atoms with E-state index < -0.39 is 0 Å². The van der Waals surface area contributed by atoms with Crippen molar-refractivity contribution in [1.29, 1.82) is 0 Å². The molecule has 108 valence electrons.